The molecule has 0 aliphatic heterocycles. The van der Waals surface area contributed by atoms with E-state index in [2.05, 4.69) is 9.82 Å². The van der Waals surface area contributed by atoms with Crippen molar-refractivity contribution in [2.24, 2.45) is 7.05 Å². The van der Waals surface area contributed by atoms with Crippen molar-refractivity contribution < 1.29 is 23.1 Å². The molecule has 0 bridgehead atoms. The monoisotopic (exact) mass is 365 g/mol. The predicted octanol–water partition coefficient (Wildman–Crippen LogP) is 1.94. The Morgan fingerprint density at radius 1 is 1.36 bits per heavy atom. The van der Waals surface area contributed by atoms with Gasteiger partial charge < -0.3 is 9.84 Å². The number of ether oxygens (including phenoxy) is 1. The average Bonchev–Trinajstić information content (AvgIpc) is 2.78. The second-order valence-electron chi connectivity index (χ2n) is 5.36. The second-order valence-corrected chi connectivity index (χ2v) is 7.01. The third-order valence-corrected chi connectivity index (χ3v) is 5.01. The predicted molar refractivity (Wildman–Crippen MR) is 93.2 cm³/mol. The highest BCUT2D eigenvalue weighted by atomic mass is 32.2. The summed E-state index contributed by atoms with van der Waals surface area (Å²) < 4.78 is 34.9. The zero-order valence-corrected chi connectivity index (χ0v) is 15.1. The first-order chi connectivity index (χ1) is 11.7. The zero-order chi connectivity index (χ0) is 18.8. The molecule has 0 fully saturated rings. The number of nitrogens with zero attached hydrogens (tertiary/aromatic N) is 2. The number of benzene rings is 1. The molecule has 9 heteroatoms. The van der Waals surface area contributed by atoms with E-state index in [1.807, 2.05) is 0 Å². The molecule has 0 atom stereocenters. The highest BCUT2D eigenvalue weighted by molar-refractivity contribution is 7.92. The smallest absolute Gasteiger partial charge is 0.328 e. The number of rotatable bonds is 6. The van der Waals surface area contributed by atoms with Crippen LogP contribution >= 0.6 is 0 Å². The summed E-state index contributed by atoms with van der Waals surface area (Å²) in [5.74, 6) is -0.973. The lowest BCUT2D eigenvalue weighted by molar-refractivity contribution is -0.131. The minimum Gasteiger partial charge on any atom is -0.495 e. The largest absolute Gasteiger partial charge is 0.495 e. The van der Waals surface area contributed by atoms with Crippen LogP contribution in [0.4, 0.5) is 5.69 Å². The van der Waals surface area contributed by atoms with Crippen molar-refractivity contribution >= 4 is 27.8 Å². The lowest BCUT2D eigenvalue weighted by Crippen LogP contribution is -2.15. The van der Waals surface area contributed by atoms with Crippen LogP contribution in [0, 0.1) is 13.8 Å². The van der Waals surface area contributed by atoms with Crippen molar-refractivity contribution in [2.75, 3.05) is 11.8 Å². The van der Waals surface area contributed by atoms with Gasteiger partial charge in [0.1, 0.15) is 10.6 Å². The second kappa shape index (κ2) is 6.98. The molecule has 0 aliphatic rings. The Morgan fingerprint density at radius 3 is 2.56 bits per heavy atom. The molecule has 134 valence electrons. The Morgan fingerprint density at radius 2 is 2.04 bits per heavy atom. The summed E-state index contributed by atoms with van der Waals surface area (Å²) in [4.78, 5) is 10.6. The Labute approximate surface area is 145 Å². The van der Waals surface area contributed by atoms with Crippen molar-refractivity contribution in [1.29, 1.82) is 0 Å². The highest BCUT2D eigenvalue weighted by Gasteiger charge is 2.23. The topological polar surface area (TPSA) is 111 Å². The quantitative estimate of drug-likeness (QED) is 0.757. The fourth-order valence-electron chi connectivity index (χ4n) is 2.29. The number of aryl methyl sites for hydroxylation is 2. The van der Waals surface area contributed by atoms with Gasteiger partial charge in [0.25, 0.3) is 10.0 Å². The number of aliphatic carboxylic acids is 1. The molecule has 0 saturated carbocycles. The molecule has 1 aromatic heterocycles. The maximum Gasteiger partial charge on any atom is 0.328 e. The normalized spacial score (nSPS) is 11.7. The molecule has 0 radical (unpaired) electrons. The molecule has 25 heavy (non-hydrogen) atoms. The summed E-state index contributed by atoms with van der Waals surface area (Å²) in [6.07, 6.45) is 2.24. The summed E-state index contributed by atoms with van der Waals surface area (Å²) in [5, 5.41) is 12.9. The number of methoxy groups -OCH3 is 1. The Hall–Kier alpha value is -2.81. The van der Waals surface area contributed by atoms with Gasteiger partial charge in [-0.05, 0) is 37.6 Å². The number of sulfonamides is 1. The molecule has 0 unspecified atom stereocenters. The van der Waals surface area contributed by atoms with Crippen molar-refractivity contribution in [1.82, 2.24) is 9.78 Å². The molecule has 2 N–H and O–H groups in total. The first kappa shape index (κ1) is 18.5. The van der Waals surface area contributed by atoms with E-state index in [0.29, 0.717) is 22.6 Å². The first-order valence-electron chi connectivity index (χ1n) is 7.27. The molecule has 1 aromatic carbocycles. The number of aromatic nitrogens is 2. The van der Waals surface area contributed by atoms with Crippen LogP contribution < -0.4 is 9.46 Å². The van der Waals surface area contributed by atoms with Gasteiger partial charge >= 0.3 is 5.97 Å². The average molecular weight is 365 g/mol. The lowest BCUT2D eigenvalue weighted by atomic mass is 10.2. The van der Waals surface area contributed by atoms with Gasteiger partial charge in [-0.2, -0.15) is 5.10 Å². The van der Waals surface area contributed by atoms with Crippen LogP contribution in [0.25, 0.3) is 6.08 Å². The first-order valence-corrected chi connectivity index (χ1v) is 8.76. The number of carboxylic acid groups (broad SMARTS) is 1. The van der Waals surface area contributed by atoms with Crippen LogP contribution in [-0.2, 0) is 21.9 Å². The van der Waals surface area contributed by atoms with E-state index in [1.165, 1.54) is 25.3 Å². The van der Waals surface area contributed by atoms with Crippen LogP contribution in [0.5, 0.6) is 5.75 Å². The lowest BCUT2D eigenvalue weighted by Gasteiger charge is -2.12. The maximum atomic E-state index is 12.8. The molecule has 0 saturated heterocycles. The molecular formula is C16H19N3O5S. The van der Waals surface area contributed by atoms with Crippen LogP contribution in [0.2, 0.25) is 0 Å². The molecular weight excluding hydrogens is 346 g/mol. The SMILES string of the molecule is COc1ccc(C=CC(=O)O)cc1S(=O)(=O)Nc1c(C)nn(C)c1C. The van der Waals surface area contributed by atoms with Crippen molar-refractivity contribution in [3.05, 3.63) is 41.2 Å². The van der Waals surface area contributed by atoms with Crippen LogP contribution in [0.3, 0.4) is 0 Å². The van der Waals surface area contributed by atoms with E-state index in [4.69, 9.17) is 9.84 Å². The summed E-state index contributed by atoms with van der Waals surface area (Å²) in [6, 6.07) is 4.39. The summed E-state index contributed by atoms with van der Waals surface area (Å²) in [7, 11) is -0.875. The molecule has 0 amide bonds. The minimum absolute atomic E-state index is 0.0924. The van der Waals surface area contributed by atoms with Crippen molar-refractivity contribution in [3.63, 3.8) is 0 Å². The van der Waals surface area contributed by atoms with Gasteiger partial charge in [0, 0.05) is 13.1 Å². The van der Waals surface area contributed by atoms with Gasteiger partial charge in [-0.1, -0.05) is 6.07 Å². The van der Waals surface area contributed by atoms with Gasteiger partial charge in [0.2, 0.25) is 0 Å². The molecule has 2 aromatic rings. The number of nitrogens with one attached hydrogen (secondary N) is 1. The summed E-state index contributed by atoms with van der Waals surface area (Å²) in [6.45, 7) is 3.45. The van der Waals surface area contributed by atoms with E-state index in [-0.39, 0.29) is 10.6 Å². The van der Waals surface area contributed by atoms with Crippen molar-refractivity contribution in [3.8, 4) is 5.75 Å². The van der Waals surface area contributed by atoms with Gasteiger partial charge in [0.05, 0.1) is 24.2 Å². The fraction of sp³-hybridized carbons (Fsp3) is 0.250. The molecule has 0 spiro atoms. The van der Waals surface area contributed by atoms with Crippen LogP contribution in [0.1, 0.15) is 17.0 Å². The van der Waals surface area contributed by atoms with Crippen molar-refractivity contribution in [2.45, 2.75) is 18.7 Å². The molecule has 8 nitrogen and oxygen atoms in total. The van der Waals surface area contributed by atoms with Crippen LogP contribution in [0.15, 0.2) is 29.2 Å². The summed E-state index contributed by atoms with van der Waals surface area (Å²) >= 11 is 0. The molecule has 2 rings (SSSR count). The zero-order valence-electron chi connectivity index (χ0n) is 14.3. The number of carboxylic acids is 1. The van der Waals surface area contributed by atoms with Gasteiger partial charge in [-0.3, -0.25) is 9.40 Å². The molecule has 0 aliphatic carbocycles. The van der Waals surface area contributed by atoms with E-state index in [0.717, 1.165) is 6.08 Å². The number of carbonyl (C=O) groups is 1. The van der Waals surface area contributed by atoms with E-state index < -0.39 is 16.0 Å². The van der Waals surface area contributed by atoms with Gasteiger partial charge in [0.15, 0.2) is 0 Å². The number of anilines is 1. The van der Waals surface area contributed by atoms with E-state index >= 15 is 0 Å². The number of hydrogen-bond acceptors (Lipinski definition) is 5. The highest BCUT2D eigenvalue weighted by Crippen LogP contribution is 2.29. The number of hydrogen-bond donors (Lipinski definition) is 2. The van der Waals surface area contributed by atoms with Gasteiger partial charge in [-0.15, -0.1) is 0 Å². The standard InChI is InChI=1S/C16H19N3O5S/c1-10-16(11(2)19(3)17-10)18-25(22,23)14-9-12(6-8-15(20)21)5-7-13(14)24-4/h5-9,18H,1-4H3,(H,20,21). The van der Waals surface area contributed by atoms with E-state index in [1.54, 1.807) is 31.6 Å². The molecule has 1 heterocycles. The fourth-order valence-corrected chi connectivity index (χ4v) is 3.67. The van der Waals surface area contributed by atoms with Crippen LogP contribution in [-0.4, -0.2) is 36.4 Å². The van der Waals surface area contributed by atoms with Gasteiger partial charge in [-0.25, -0.2) is 13.2 Å². The third-order valence-electron chi connectivity index (χ3n) is 3.64. The maximum absolute atomic E-state index is 12.8. The third kappa shape index (κ3) is 4.00. The summed E-state index contributed by atoms with van der Waals surface area (Å²) in [5.41, 5.74) is 2.03. The Bertz CT molecular complexity index is 945. The Balaban J connectivity index is 2.50. The minimum atomic E-state index is -3.96. The Kier molecular flexibility index (Phi) is 5.17. The van der Waals surface area contributed by atoms with E-state index in [9.17, 15) is 13.2 Å².